The number of benzene rings is 1. The summed E-state index contributed by atoms with van der Waals surface area (Å²) in [5.41, 5.74) is 0.318. The van der Waals surface area contributed by atoms with Crippen LogP contribution in [0.25, 0.3) is 0 Å². The topological polar surface area (TPSA) is 80.3 Å². The molecule has 0 atom stereocenters. The molecule has 0 radical (unpaired) electrons. The third kappa shape index (κ3) is 3.99. The smallest absolute Gasteiger partial charge is 0.251 e. The molecule has 0 unspecified atom stereocenters. The van der Waals surface area contributed by atoms with Gasteiger partial charge in [0.05, 0.1) is 11.4 Å². The van der Waals surface area contributed by atoms with Crippen molar-refractivity contribution in [3.05, 3.63) is 29.8 Å². The van der Waals surface area contributed by atoms with Gasteiger partial charge in [0.1, 0.15) is 5.78 Å². The van der Waals surface area contributed by atoms with Crippen LogP contribution in [0.5, 0.6) is 0 Å². The zero-order chi connectivity index (χ0) is 13.1. The van der Waals surface area contributed by atoms with E-state index in [0.29, 0.717) is 5.56 Å². The summed E-state index contributed by atoms with van der Waals surface area (Å²) >= 11 is 0. The number of Topliss-reactive ketones (excluding diaryl/α,β-unsaturated/α-hetero) is 1. The van der Waals surface area contributed by atoms with Crippen LogP contribution in [0, 0.1) is 0 Å². The van der Waals surface area contributed by atoms with E-state index in [0.717, 1.165) is 6.26 Å². The standard InChI is InChI=1S/C11H13NO4S/c1-8(13)7-12-11(14)9-3-5-10(6-4-9)17(2,15)16/h3-6H,7H2,1-2H3,(H,12,14). The minimum absolute atomic E-state index is 0.0351. The number of carbonyl (C=O) groups is 2. The summed E-state index contributed by atoms with van der Waals surface area (Å²) in [5.74, 6) is -0.550. The second-order valence-corrected chi connectivity index (χ2v) is 5.70. The van der Waals surface area contributed by atoms with Crippen LogP contribution < -0.4 is 5.32 Å². The van der Waals surface area contributed by atoms with Crippen molar-refractivity contribution in [1.29, 1.82) is 0 Å². The van der Waals surface area contributed by atoms with E-state index in [2.05, 4.69) is 5.32 Å². The van der Waals surface area contributed by atoms with Crippen molar-refractivity contribution in [2.45, 2.75) is 11.8 Å². The van der Waals surface area contributed by atoms with Gasteiger partial charge in [-0.25, -0.2) is 8.42 Å². The Labute approximate surface area is 99.8 Å². The summed E-state index contributed by atoms with van der Waals surface area (Å²) < 4.78 is 22.4. The Morgan fingerprint density at radius 3 is 2.12 bits per heavy atom. The molecule has 0 bridgehead atoms. The highest BCUT2D eigenvalue weighted by atomic mass is 32.2. The van der Waals surface area contributed by atoms with E-state index < -0.39 is 15.7 Å². The molecule has 0 aliphatic carbocycles. The lowest BCUT2D eigenvalue weighted by Gasteiger charge is -2.03. The highest BCUT2D eigenvalue weighted by Gasteiger charge is 2.09. The third-order valence-electron chi connectivity index (χ3n) is 2.04. The molecule has 1 rings (SSSR count). The van der Waals surface area contributed by atoms with E-state index in [1.165, 1.54) is 31.2 Å². The molecule has 0 saturated heterocycles. The average molecular weight is 255 g/mol. The minimum Gasteiger partial charge on any atom is -0.345 e. The lowest BCUT2D eigenvalue weighted by atomic mass is 10.2. The Balaban J connectivity index is 2.81. The van der Waals surface area contributed by atoms with Crippen LogP contribution in [-0.4, -0.2) is 32.9 Å². The maximum absolute atomic E-state index is 11.5. The van der Waals surface area contributed by atoms with Gasteiger partial charge in [-0.2, -0.15) is 0 Å². The molecular weight excluding hydrogens is 242 g/mol. The van der Waals surface area contributed by atoms with Crippen molar-refractivity contribution in [2.24, 2.45) is 0 Å². The Kier molecular flexibility index (Phi) is 4.01. The highest BCUT2D eigenvalue weighted by Crippen LogP contribution is 2.10. The van der Waals surface area contributed by atoms with Gasteiger partial charge in [-0.3, -0.25) is 9.59 Å². The van der Waals surface area contributed by atoms with E-state index in [4.69, 9.17) is 0 Å². The summed E-state index contributed by atoms with van der Waals surface area (Å²) in [7, 11) is -3.26. The lowest BCUT2D eigenvalue weighted by molar-refractivity contribution is -0.116. The predicted octanol–water partition coefficient (Wildman–Crippen LogP) is 0.409. The molecule has 0 heterocycles. The molecule has 1 N–H and O–H groups in total. The number of carbonyl (C=O) groups excluding carboxylic acids is 2. The van der Waals surface area contributed by atoms with Crippen LogP contribution in [0.15, 0.2) is 29.2 Å². The summed E-state index contributed by atoms with van der Waals surface area (Å²) in [5, 5.41) is 2.42. The van der Waals surface area contributed by atoms with E-state index in [1.807, 2.05) is 0 Å². The van der Waals surface area contributed by atoms with Crippen molar-refractivity contribution in [3.63, 3.8) is 0 Å². The van der Waals surface area contributed by atoms with Gasteiger partial charge in [0, 0.05) is 11.8 Å². The van der Waals surface area contributed by atoms with Crippen molar-refractivity contribution < 1.29 is 18.0 Å². The molecule has 0 aromatic heterocycles. The molecule has 1 aromatic carbocycles. The van der Waals surface area contributed by atoms with Gasteiger partial charge in [0.15, 0.2) is 9.84 Å². The zero-order valence-electron chi connectivity index (χ0n) is 9.56. The molecule has 0 fully saturated rings. The van der Waals surface area contributed by atoms with Crippen LogP contribution in [-0.2, 0) is 14.6 Å². The maximum Gasteiger partial charge on any atom is 0.251 e. The number of nitrogens with one attached hydrogen (secondary N) is 1. The quantitative estimate of drug-likeness (QED) is 0.845. The fraction of sp³-hybridized carbons (Fsp3) is 0.273. The first-order valence-electron chi connectivity index (χ1n) is 4.88. The Hall–Kier alpha value is -1.69. The first kappa shape index (κ1) is 13.4. The lowest BCUT2D eigenvalue weighted by Crippen LogP contribution is -2.28. The van der Waals surface area contributed by atoms with Gasteiger partial charge >= 0.3 is 0 Å². The van der Waals surface area contributed by atoms with Gasteiger partial charge in [-0.15, -0.1) is 0 Å². The fourth-order valence-electron chi connectivity index (χ4n) is 1.16. The van der Waals surface area contributed by atoms with E-state index in [-0.39, 0.29) is 17.2 Å². The molecule has 0 aliphatic rings. The first-order chi connectivity index (χ1) is 7.80. The van der Waals surface area contributed by atoms with Crippen LogP contribution in [0.3, 0.4) is 0 Å². The minimum atomic E-state index is -3.26. The molecular formula is C11H13NO4S. The molecule has 1 amide bonds. The van der Waals surface area contributed by atoms with Gasteiger partial charge in [0.2, 0.25) is 0 Å². The first-order valence-corrected chi connectivity index (χ1v) is 6.77. The van der Waals surface area contributed by atoms with E-state index >= 15 is 0 Å². The molecule has 0 saturated carbocycles. The molecule has 0 spiro atoms. The monoisotopic (exact) mass is 255 g/mol. The Morgan fingerprint density at radius 2 is 1.71 bits per heavy atom. The molecule has 92 valence electrons. The normalized spacial score (nSPS) is 10.9. The van der Waals surface area contributed by atoms with E-state index in [9.17, 15) is 18.0 Å². The number of sulfone groups is 1. The second-order valence-electron chi connectivity index (χ2n) is 3.68. The molecule has 1 aromatic rings. The SMILES string of the molecule is CC(=O)CNC(=O)c1ccc(S(C)(=O)=O)cc1. The Bertz CT molecular complexity index is 531. The third-order valence-corrected chi connectivity index (χ3v) is 3.17. The van der Waals surface area contributed by atoms with Gasteiger partial charge in [0.25, 0.3) is 5.91 Å². The van der Waals surface area contributed by atoms with Crippen molar-refractivity contribution in [2.75, 3.05) is 12.8 Å². The number of hydrogen-bond acceptors (Lipinski definition) is 4. The maximum atomic E-state index is 11.5. The van der Waals surface area contributed by atoms with Crippen LogP contribution in [0.4, 0.5) is 0 Å². The second kappa shape index (κ2) is 5.09. The predicted molar refractivity (Wildman–Crippen MR) is 62.6 cm³/mol. The van der Waals surface area contributed by atoms with Crippen molar-refractivity contribution in [3.8, 4) is 0 Å². The molecule has 17 heavy (non-hydrogen) atoms. The fourth-order valence-corrected chi connectivity index (χ4v) is 1.79. The summed E-state index contributed by atoms with van der Waals surface area (Å²) in [6.45, 7) is 1.33. The van der Waals surface area contributed by atoms with Gasteiger partial charge in [-0.05, 0) is 31.2 Å². The number of hydrogen-bond donors (Lipinski definition) is 1. The van der Waals surface area contributed by atoms with Crippen LogP contribution >= 0.6 is 0 Å². The highest BCUT2D eigenvalue weighted by molar-refractivity contribution is 7.90. The molecule has 5 nitrogen and oxygen atoms in total. The van der Waals surface area contributed by atoms with Crippen LogP contribution in [0.1, 0.15) is 17.3 Å². The summed E-state index contributed by atoms with van der Waals surface area (Å²) in [6, 6.07) is 5.54. The number of ketones is 1. The zero-order valence-corrected chi connectivity index (χ0v) is 10.4. The largest absolute Gasteiger partial charge is 0.345 e. The number of rotatable bonds is 4. The summed E-state index contributed by atoms with van der Waals surface area (Å²) in [4.78, 5) is 22.3. The number of amides is 1. The van der Waals surface area contributed by atoms with E-state index in [1.54, 1.807) is 0 Å². The van der Waals surface area contributed by atoms with Crippen molar-refractivity contribution in [1.82, 2.24) is 5.32 Å². The van der Waals surface area contributed by atoms with Gasteiger partial charge in [-0.1, -0.05) is 0 Å². The average Bonchev–Trinajstić information content (AvgIpc) is 2.25. The summed E-state index contributed by atoms with van der Waals surface area (Å²) in [6.07, 6.45) is 1.10. The molecule has 6 heteroatoms. The Morgan fingerprint density at radius 1 is 1.18 bits per heavy atom. The van der Waals surface area contributed by atoms with Crippen molar-refractivity contribution >= 4 is 21.5 Å². The van der Waals surface area contributed by atoms with Gasteiger partial charge < -0.3 is 5.32 Å². The molecule has 0 aliphatic heterocycles. The van der Waals surface area contributed by atoms with Crippen LogP contribution in [0.2, 0.25) is 0 Å².